The Hall–Kier alpha value is -2.49. The summed E-state index contributed by atoms with van der Waals surface area (Å²) in [7, 11) is 0. The summed E-state index contributed by atoms with van der Waals surface area (Å²) in [5.41, 5.74) is 1.26. The molecule has 0 atom stereocenters. The first-order valence-corrected chi connectivity index (χ1v) is 8.50. The Labute approximate surface area is 143 Å². The molecule has 0 unspecified atom stereocenters. The molecule has 0 aliphatic rings. The van der Waals surface area contributed by atoms with E-state index in [9.17, 15) is 4.79 Å². The summed E-state index contributed by atoms with van der Waals surface area (Å²) in [5, 5.41) is 2.89. The van der Waals surface area contributed by atoms with Crippen molar-refractivity contribution in [2.45, 2.75) is 33.1 Å². The van der Waals surface area contributed by atoms with E-state index >= 15 is 0 Å². The van der Waals surface area contributed by atoms with Gasteiger partial charge in [-0.25, -0.2) is 0 Å². The number of rotatable bonds is 9. The highest BCUT2D eigenvalue weighted by Gasteiger charge is 2.09. The third-order valence-electron chi connectivity index (χ3n) is 3.57. The van der Waals surface area contributed by atoms with Crippen LogP contribution in [0.4, 0.5) is 5.69 Å². The standard InChI is InChI=1S/C20H25NO3/c1-3-5-8-15-24-17-13-11-16(12-14-17)20(22)21-18-9-6-7-10-19(18)23-4-2/h6-7,9-14H,3-5,8,15H2,1-2H3,(H,21,22). The van der Waals surface area contributed by atoms with E-state index in [1.54, 1.807) is 12.1 Å². The largest absolute Gasteiger partial charge is 0.494 e. The van der Waals surface area contributed by atoms with Gasteiger partial charge in [0.1, 0.15) is 11.5 Å². The first kappa shape index (κ1) is 17.9. The van der Waals surface area contributed by atoms with Gasteiger partial charge in [-0.2, -0.15) is 0 Å². The number of hydrogen-bond acceptors (Lipinski definition) is 3. The summed E-state index contributed by atoms with van der Waals surface area (Å²) in [6.45, 7) is 5.34. The number of amides is 1. The van der Waals surface area contributed by atoms with Crippen LogP contribution in [0.5, 0.6) is 11.5 Å². The monoisotopic (exact) mass is 327 g/mol. The Bertz CT molecular complexity index is 638. The van der Waals surface area contributed by atoms with Crippen LogP contribution in [0, 0.1) is 0 Å². The molecule has 2 aromatic carbocycles. The normalized spacial score (nSPS) is 10.2. The minimum absolute atomic E-state index is 0.167. The van der Waals surface area contributed by atoms with Crippen LogP contribution in [0.2, 0.25) is 0 Å². The summed E-state index contributed by atoms with van der Waals surface area (Å²) in [4.78, 5) is 12.4. The minimum Gasteiger partial charge on any atom is -0.494 e. The lowest BCUT2D eigenvalue weighted by atomic mass is 10.2. The van der Waals surface area contributed by atoms with E-state index < -0.39 is 0 Å². The van der Waals surface area contributed by atoms with Crippen molar-refractivity contribution in [1.29, 1.82) is 0 Å². The number of benzene rings is 2. The van der Waals surface area contributed by atoms with Crippen molar-refractivity contribution in [3.05, 3.63) is 54.1 Å². The van der Waals surface area contributed by atoms with Gasteiger partial charge in [-0.15, -0.1) is 0 Å². The van der Waals surface area contributed by atoms with E-state index in [1.807, 2.05) is 43.3 Å². The smallest absolute Gasteiger partial charge is 0.255 e. The predicted octanol–water partition coefficient (Wildman–Crippen LogP) is 4.91. The lowest BCUT2D eigenvalue weighted by Gasteiger charge is -2.11. The van der Waals surface area contributed by atoms with Gasteiger partial charge in [-0.1, -0.05) is 31.9 Å². The van der Waals surface area contributed by atoms with Gasteiger partial charge in [0.25, 0.3) is 5.91 Å². The molecule has 2 rings (SSSR count). The molecule has 1 amide bonds. The molecule has 0 aliphatic heterocycles. The molecular weight excluding hydrogens is 302 g/mol. The average molecular weight is 327 g/mol. The summed E-state index contributed by atoms with van der Waals surface area (Å²) in [6.07, 6.45) is 3.39. The van der Waals surface area contributed by atoms with Crippen LogP contribution >= 0.6 is 0 Å². The first-order chi connectivity index (χ1) is 11.7. The van der Waals surface area contributed by atoms with Crippen molar-refractivity contribution < 1.29 is 14.3 Å². The minimum atomic E-state index is -0.167. The fourth-order valence-corrected chi connectivity index (χ4v) is 2.29. The summed E-state index contributed by atoms with van der Waals surface area (Å²) >= 11 is 0. The van der Waals surface area contributed by atoms with Crippen LogP contribution < -0.4 is 14.8 Å². The lowest BCUT2D eigenvalue weighted by molar-refractivity contribution is 0.102. The van der Waals surface area contributed by atoms with Gasteiger partial charge in [0.15, 0.2) is 0 Å². The second kappa shape index (κ2) is 9.60. The van der Waals surface area contributed by atoms with E-state index in [0.717, 1.165) is 12.2 Å². The molecule has 1 N–H and O–H groups in total. The maximum Gasteiger partial charge on any atom is 0.255 e. The van der Waals surface area contributed by atoms with Gasteiger partial charge >= 0.3 is 0 Å². The van der Waals surface area contributed by atoms with E-state index in [1.165, 1.54) is 12.8 Å². The van der Waals surface area contributed by atoms with Gasteiger partial charge in [-0.3, -0.25) is 4.79 Å². The number of carbonyl (C=O) groups is 1. The molecule has 128 valence electrons. The zero-order valence-electron chi connectivity index (χ0n) is 14.4. The Kier molecular flexibility index (Phi) is 7.15. The van der Waals surface area contributed by atoms with Gasteiger partial charge in [0.05, 0.1) is 18.9 Å². The average Bonchev–Trinajstić information content (AvgIpc) is 2.61. The number of unbranched alkanes of at least 4 members (excludes halogenated alkanes) is 2. The van der Waals surface area contributed by atoms with Gasteiger partial charge in [-0.05, 0) is 49.7 Å². The second-order valence-electron chi connectivity index (χ2n) is 5.46. The highest BCUT2D eigenvalue weighted by Crippen LogP contribution is 2.24. The number of hydrogen-bond donors (Lipinski definition) is 1. The number of ether oxygens (including phenoxy) is 2. The molecule has 0 saturated heterocycles. The van der Waals surface area contributed by atoms with Gasteiger partial charge in [0.2, 0.25) is 0 Å². The number of anilines is 1. The van der Waals surface area contributed by atoms with E-state index in [4.69, 9.17) is 9.47 Å². The van der Waals surface area contributed by atoms with Crippen LogP contribution in [0.3, 0.4) is 0 Å². The maximum atomic E-state index is 12.4. The third kappa shape index (κ3) is 5.30. The Morgan fingerprint density at radius 1 is 0.958 bits per heavy atom. The van der Waals surface area contributed by atoms with Crippen molar-refractivity contribution in [2.24, 2.45) is 0 Å². The predicted molar refractivity (Wildman–Crippen MR) is 97.0 cm³/mol. The quantitative estimate of drug-likeness (QED) is 0.666. The molecule has 0 saturated carbocycles. The van der Waals surface area contributed by atoms with E-state index in [0.29, 0.717) is 30.2 Å². The Balaban J connectivity index is 1.95. The zero-order valence-corrected chi connectivity index (χ0v) is 14.4. The molecule has 4 heteroatoms. The molecule has 24 heavy (non-hydrogen) atoms. The summed E-state index contributed by atoms with van der Waals surface area (Å²) in [6, 6.07) is 14.6. The molecule has 0 radical (unpaired) electrons. The first-order valence-electron chi connectivity index (χ1n) is 8.50. The van der Waals surface area contributed by atoms with Gasteiger partial charge in [0, 0.05) is 5.56 Å². The molecule has 0 bridgehead atoms. The van der Waals surface area contributed by atoms with Crippen LogP contribution in [-0.4, -0.2) is 19.1 Å². The van der Waals surface area contributed by atoms with Crippen LogP contribution in [0.15, 0.2) is 48.5 Å². The van der Waals surface area contributed by atoms with Gasteiger partial charge < -0.3 is 14.8 Å². The van der Waals surface area contributed by atoms with Crippen molar-refractivity contribution in [1.82, 2.24) is 0 Å². The molecule has 0 fully saturated rings. The fourth-order valence-electron chi connectivity index (χ4n) is 2.29. The topological polar surface area (TPSA) is 47.6 Å². The summed E-state index contributed by atoms with van der Waals surface area (Å²) in [5.74, 6) is 1.29. The van der Waals surface area contributed by atoms with Crippen LogP contribution in [0.1, 0.15) is 43.5 Å². The summed E-state index contributed by atoms with van der Waals surface area (Å²) < 4.78 is 11.2. The van der Waals surface area contributed by atoms with E-state index in [-0.39, 0.29) is 5.91 Å². The van der Waals surface area contributed by atoms with Crippen molar-refractivity contribution in [3.63, 3.8) is 0 Å². The van der Waals surface area contributed by atoms with Crippen LogP contribution in [0.25, 0.3) is 0 Å². The molecule has 2 aromatic rings. The molecule has 0 spiro atoms. The van der Waals surface area contributed by atoms with Crippen molar-refractivity contribution >= 4 is 11.6 Å². The zero-order chi connectivity index (χ0) is 17.2. The molecular formula is C20H25NO3. The fraction of sp³-hybridized carbons (Fsp3) is 0.350. The third-order valence-corrected chi connectivity index (χ3v) is 3.57. The highest BCUT2D eigenvalue weighted by atomic mass is 16.5. The molecule has 0 aromatic heterocycles. The maximum absolute atomic E-state index is 12.4. The molecule has 0 aliphatic carbocycles. The Morgan fingerprint density at radius 3 is 2.42 bits per heavy atom. The number of carbonyl (C=O) groups excluding carboxylic acids is 1. The Morgan fingerprint density at radius 2 is 1.71 bits per heavy atom. The molecule has 0 heterocycles. The highest BCUT2D eigenvalue weighted by molar-refractivity contribution is 6.05. The second-order valence-corrected chi connectivity index (χ2v) is 5.46. The number of nitrogens with one attached hydrogen (secondary N) is 1. The van der Waals surface area contributed by atoms with Crippen molar-refractivity contribution in [3.8, 4) is 11.5 Å². The lowest BCUT2D eigenvalue weighted by Crippen LogP contribution is -2.12. The van der Waals surface area contributed by atoms with Crippen molar-refractivity contribution in [2.75, 3.05) is 18.5 Å². The SMILES string of the molecule is CCCCCOc1ccc(C(=O)Nc2ccccc2OCC)cc1. The van der Waals surface area contributed by atoms with Crippen LogP contribution in [-0.2, 0) is 0 Å². The van der Waals surface area contributed by atoms with E-state index in [2.05, 4.69) is 12.2 Å². The number of para-hydroxylation sites is 2. The molecule has 4 nitrogen and oxygen atoms in total.